The van der Waals surface area contributed by atoms with Gasteiger partial charge in [-0.15, -0.1) is 0 Å². The summed E-state index contributed by atoms with van der Waals surface area (Å²) >= 11 is 0. The molecule has 1 unspecified atom stereocenters. The van der Waals surface area contributed by atoms with Crippen molar-refractivity contribution in [1.29, 1.82) is 0 Å². The second-order valence-electron chi connectivity index (χ2n) is 19.7. The molecule has 10 aromatic rings. The molecule has 5 aliphatic rings. The molecule has 0 N–H and O–H groups in total. The quantitative estimate of drug-likeness (QED) is 0.167. The van der Waals surface area contributed by atoms with Gasteiger partial charge in [0.15, 0.2) is 0 Å². The van der Waals surface area contributed by atoms with Gasteiger partial charge in [-0.25, -0.2) is 0 Å². The van der Waals surface area contributed by atoms with Gasteiger partial charge in [0.1, 0.15) is 0 Å². The summed E-state index contributed by atoms with van der Waals surface area (Å²) in [4.78, 5) is 2.58. The largest absolute Gasteiger partial charge is 0.309 e. The summed E-state index contributed by atoms with van der Waals surface area (Å²) in [5.41, 5.74) is 27.1. The third-order valence-corrected chi connectivity index (χ3v) is 16.2. The van der Waals surface area contributed by atoms with E-state index in [1.807, 2.05) is 0 Å². The van der Waals surface area contributed by atoms with Gasteiger partial charge in [-0.3, -0.25) is 0 Å². The van der Waals surface area contributed by atoms with E-state index in [1.165, 1.54) is 111 Å². The monoisotopic (exact) mass is 853 g/mol. The number of rotatable bonds is 5. The highest BCUT2D eigenvalue weighted by molar-refractivity contribution is 6.04. The zero-order chi connectivity index (χ0) is 44.6. The highest BCUT2D eigenvalue weighted by Gasteiger charge is 2.49. The fraction of sp³-hybridized carbons (Fsp3) is 0.0909. The van der Waals surface area contributed by atoms with Crippen molar-refractivity contribution in [3.05, 3.63) is 281 Å². The highest BCUT2D eigenvalue weighted by atomic mass is 15.1. The minimum atomic E-state index is -0.523. The summed E-state index contributed by atoms with van der Waals surface area (Å²) in [6.07, 6.45) is 0. The van der Waals surface area contributed by atoms with Crippen LogP contribution in [0.5, 0.6) is 0 Å². The van der Waals surface area contributed by atoms with Gasteiger partial charge in [0.05, 0.1) is 16.8 Å². The molecule has 3 aliphatic carbocycles. The minimum Gasteiger partial charge on any atom is -0.309 e. The first-order chi connectivity index (χ1) is 32.9. The molecule has 1 atom stereocenters. The van der Waals surface area contributed by atoms with Crippen LogP contribution in [0.1, 0.15) is 70.8 Å². The molecule has 0 aromatic heterocycles. The van der Waals surface area contributed by atoms with E-state index in [4.69, 9.17) is 0 Å². The van der Waals surface area contributed by atoms with E-state index in [0.29, 0.717) is 0 Å². The number of nitrogens with zero attached hydrogens (tertiary/aromatic N) is 1. The van der Waals surface area contributed by atoms with E-state index >= 15 is 0 Å². The Labute approximate surface area is 393 Å². The lowest BCUT2D eigenvalue weighted by Crippen LogP contribution is -2.28. The van der Waals surface area contributed by atoms with Gasteiger partial charge in [-0.05, 0) is 144 Å². The van der Waals surface area contributed by atoms with Crippen molar-refractivity contribution in [2.24, 2.45) is 0 Å². The summed E-state index contributed by atoms with van der Waals surface area (Å²) in [6, 6.07) is 87.4. The normalized spacial score (nSPS) is 16.9. The Bertz CT molecular complexity index is 3620. The molecule has 1 heteroatoms. The Morgan fingerprint density at radius 3 is 1.60 bits per heavy atom. The zero-order valence-electron chi connectivity index (χ0n) is 37.9. The maximum Gasteiger partial charge on any atom is 0.0713 e. The van der Waals surface area contributed by atoms with E-state index < -0.39 is 10.8 Å². The maximum atomic E-state index is 2.58. The summed E-state index contributed by atoms with van der Waals surface area (Å²) in [6.45, 7) is 7.33. The molecule has 0 saturated carbocycles. The van der Waals surface area contributed by atoms with Crippen LogP contribution in [0.2, 0.25) is 0 Å². The third-order valence-electron chi connectivity index (χ3n) is 16.2. The average Bonchev–Trinajstić information content (AvgIpc) is 3.92. The summed E-state index contributed by atoms with van der Waals surface area (Å²) in [7, 11) is 0. The molecule has 0 radical (unpaired) electrons. The van der Waals surface area contributed by atoms with Crippen LogP contribution >= 0.6 is 0 Å². The highest BCUT2D eigenvalue weighted by Crippen LogP contribution is 2.63. The molecular weight excluding hydrogens is 807 g/mol. The van der Waals surface area contributed by atoms with Crippen LogP contribution in [-0.4, -0.2) is 0 Å². The predicted molar refractivity (Wildman–Crippen MR) is 278 cm³/mol. The van der Waals surface area contributed by atoms with Crippen LogP contribution in [0.3, 0.4) is 0 Å². The topological polar surface area (TPSA) is 3.24 Å². The van der Waals surface area contributed by atoms with Gasteiger partial charge in [0.25, 0.3) is 0 Å². The average molecular weight is 854 g/mol. The van der Waals surface area contributed by atoms with E-state index in [0.717, 1.165) is 11.4 Å². The smallest absolute Gasteiger partial charge is 0.0713 e. The van der Waals surface area contributed by atoms with Crippen molar-refractivity contribution in [3.63, 3.8) is 0 Å². The molecule has 0 saturated heterocycles. The Morgan fingerprint density at radius 1 is 0.299 bits per heavy atom. The van der Waals surface area contributed by atoms with Crippen LogP contribution in [0.4, 0.5) is 17.1 Å². The number of hydrogen-bond acceptors (Lipinski definition) is 1. The minimum absolute atomic E-state index is 0.204. The van der Waals surface area contributed by atoms with Crippen LogP contribution in [-0.2, 0) is 16.2 Å². The molecule has 2 heterocycles. The molecule has 67 heavy (non-hydrogen) atoms. The predicted octanol–water partition coefficient (Wildman–Crippen LogP) is 16.8. The lowest BCUT2D eigenvalue weighted by molar-refractivity contribution is 0.659. The molecular formula is C66H47N. The number of benzene rings is 10. The molecule has 4 bridgehead atoms. The molecule has 0 fully saturated rings. The standard InChI is InChI=1S/C66H47N/c1-64(2)56-30-18-32-61-63(56)53-41-59-51(40-58(53)64)48-25-13-15-28-54(48)65(59,3)46-35-38-60(67(61)47-36-33-43(34-37-47)42-19-7-4-8-20-42)52(39-46)49-27-17-31-57-62(49)50-26-14-16-29-55(50)66(57,44-21-9-5-10-22-44)45-23-11-6-12-24-45/h4-41H,1-3H3. The van der Waals surface area contributed by atoms with E-state index in [1.54, 1.807) is 0 Å². The zero-order valence-corrected chi connectivity index (χ0v) is 37.9. The van der Waals surface area contributed by atoms with Crippen molar-refractivity contribution in [2.75, 3.05) is 4.90 Å². The summed E-state index contributed by atoms with van der Waals surface area (Å²) in [5.74, 6) is 0. The van der Waals surface area contributed by atoms with Crippen molar-refractivity contribution in [1.82, 2.24) is 0 Å². The van der Waals surface area contributed by atoms with Gasteiger partial charge in [0.2, 0.25) is 0 Å². The summed E-state index contributed by atoms with van der Waals surface area (Å²) in [5, 5.41) is 0. The molecule has 1 nitrogen and oxygen atoms in total. The number of hydrogen-bond donors (Lipinski definition) is 0. The van der Waals surface area contributed by atoms with E-state index in [9.17, 15) is 0 Å². The molecule has 0 amide bonds. The van der Waals surface area contributed by atoms with Crippen molar-refractivity contribution in [3.8, 4) is 55.6 Å². The second-order valence-corrected chi connectivity index (χ2v) is 19.7. The van der Waals surface area contributed by atoms with Crippen LogP contribution in [0.25, 0.3) is 55.6 Å². The Balaban J connectivity index is 1.12. The van der Waals surface area contributed by atoms with Gasteiger partial charge in [-0.2, -0.15) is 0 Å². The van der Waals surface area contributed by atoms with E-state index in [-0.39, 0.29) is 5.41 Å². The Hall–Kier alpha value is -8.00. The lowest BCUT2D eigenvalue weighted by Gasteiger charge is -2.34. The number of anilines is 3. The van der Waals surface area contributed by atoms with Gasteiger partial charge in [-0.1, -0.05) is 202 Å². The van der Waals surface area contributed by atoms with Gasteiger partial charge >= 0.3 is 0 Å². The van der Waals surface area contributed by atoms with Crippen molar-refractivity contribution < 1.29 is 0 Å². The van der Waals surface area contributed by atoms with Crippen molar-refractivity contribution in [2.45, 2.75) is 37.0 Å². The first kappa shape index (κ1) is 38.3. The van der Waals surface area contributed by atoms with Crippen molar-refractivity contribution >= 4 is 17.1 Å². The van der Waals surface area contributed by atoms with Crippen LogP contribution < -0.4 is 4.90 Å². The molecule has 0 spiro atoms. The Morgan fingerprint density at radius 2 is 0.866 bits per heavy atom. The van der Waals surface area contributed by atoms with Crippen LogP contribution in [0.15, 0.2) is 231 Å². The third kappa shape index (κ3) is 4.99. The number of fused-ring (bicyclic) bond motifs is 7. The SMILES string of the molecule is CC1(C)c2cc3c4cc2-c2c(cccc21)N(c1ccc(-c2ccccc2)cc1)c1ccc(cc1-c1cccc2c1-c1ccccc1C2(c1ccccc1)c1ccccc1)C4(C)c1ccccc1-3. The summed E-state index contributed by atoms with van der Waals surface area (Å²) < 4.78 is 0. The Kier molecular flexibility index (Phi) is 7.87. The molecule has 10 aromatic carbocycles. The molecule has 15 rings (SSSR count). The van der Waals surface area contributed by atoms with Crippen LogP contribution in [0, 0.1) is 0 Å². The first-order valence-electron chi connectivity index (χ1n) is 23.8. The molecule has 2 aliphatic heterocycles. The molecule has 316 valence electrons. The second kappa shape index (κ2) is 13.8. The van der Waals surface area contributed by atoms with Gasteiger partial charge < -0.3 is 4.90 Å². The fourth-order valence-corrected chi connectivity index (χ4v) is 13.1. The van der Waals surface area contributed by atoms with E-state index in [2.05, 4.69) is 256 Å². The maximum absolute atomic E-state index is 2.58. The first-order valence-corrected chi connectivity index (χ1v) is 23.8. The lowest BCUT2D eigenvalue weighted by atomic mass is 9.67. The van der Waals surface area contributed by atoms with Gasteiger partial charge in [0, 0.05) is 27.6 Å². The fourth-order valence-electron chi connectivity index (χ4n) is 13.1.